The molecule has 0 aromatic rings. The zero-order valence-corrected chi connectivity index (χ0v) is 8.76. The van der Waals surface area contributed by atoms with Crippen LogP contribution in [0.5, 0.6) is 0 Å². The van der Waals surface area contributed by atoms with Crippen LogP contribution < -0.4 is 11.1 Å². The lowest BCUT2D eigenvalue weighted by atomic mass is 10.1. The molecule has 0 aliphatic carbocycles. The Hall–Kier alpha value is -1.04. The minimum absolute atomic E-state index is 0.456. The molecule has 0 radical (unpaired) electrons. The standard InChI is InChI=1S/C12H20N2/c1-3-5-8-12(9-7-10-13)14-11-6-4-2/h5-6,12,14H,1-2,7-11,13H2. The second-order valence-electron chi connectivity index (χ2n) is 3.09. The van der Waals surface area contributed by atoms with Gasteiger partial charge in [-0.15, -0.1) is 11.5 Å². The molecule has 14 heavy (non-hydrogen) atoms. The van der Waals surface area contributed by atoms with Gasteiger partial charge in [0.25, 0.3) is 0 Å². The van der Waals surface area contributed by atoms with Gasteiger partial charge in [-0.25, -0.2) is 0 Å². The highest BCUT2D eigenvalue weighted by molar-refractivity contribution is 4.86. The van der Waals surface area contributed by atoms with Crippen molar-refractivity contribution in [1.82, 2.24) is 5.32 Å². The van der Waals surface area contributed by atoms with Gasteiger partial charge >= 0.3 is 0 Å². The van der Waals surface area contributed by atoms with E-state index < -0.39 is 0 Å². The van der Waals surface area contributed by atoms with Gasteiger partial charge in [-0.05, 0) is 38.0 Å². The van der Waals surface area contributed by atoms with Crippen molar-refractivity contribution in [2.75, 3.05) is 13.1 Å². The summed E-state index contributed by atoms with van der Waals surface area (Å²) in [4.78, 5) is 0. The molecule has 0 saturated carbocycles. The molecule has 0 spiro atoms. The first-order chi connectivity index (χ1) is 6.85. The molecule has 0 heterocycles. The van der Waals surface area contributed by atoms with Gasteiger partial charge in [0.15, 0.2) is 0 Å². The number of nitrogens with two attached hydrogens (primary N) is 1. The Kier molecular flexibility index (Phi) is 9.30. The highest BCUT2D eigenvalue weighted by Crippen LogP contribution is 2.01. The highest BCUT2D eigenvalue weighted by atomic mass is 14.9. The Bertz CT molecular complexity index is 220. The average Bonchev–Trinajstić information content (AvgIpc) is 2.21. The van der Waals surface area contributed by atoms with Crippen molar-refractivity contribution in [3.63, 3.8) is 0 Å². The molecule has 1 atom stereocenters. The predicted molar refractivity (Wildman–Crippen MR) is 62.1 cm³/mol. The lowest BCUT2D eigenvalue weighted by Gasteiger charge is -2.14. The molecule has 0 aliphatic heterocycles. The van der Waals surface area contributed by atoms with E-state index in [2.05, 4.69) is 29.9 Å². The zero-order chi connectivity index (χ0) is 10.6. The maximum Gasteiger partial charge on any atom is 0.0212 e. The van der Waals surface area contributed by atoms with E-state index in [1.807, 2.05) is 12.2 Å². The quantitative estimate of drug-likeness (QED) is 0.575. The molecule has 0 rings (SSSR count). The first kappa shape index (κ1) is 13.0. The van der Waals surface area contributed by atoms with Crippen LogP contribution in [0, 0.1) is 0 Å². The number of hydrogen-bond acceptors (Lipinski definition) is 2. The van der Waals surface area contributed by atoms with Crippen LogP contribution in [0.25, 0.3) is 0 Å². The van der Waals surface area contributed by atoms with Crippen LogP contribution in [0.3, 0.4) is 0 Å². The van der Waals surface area contributed by atoms with Gasteiger partial charge in [0.1, 0.15) is 0 Å². The van der Waals surface area contributed by atoms with Crippen LogP contribution in [0.4, 0.5) is 0 Å². The normalized spacial score (nSPS) is 11.2. The first-order valence-electron chi connectivity index (χ1n) is 4.97. The van der Waals surface area contributed by atoms with Gasteiger partial charge < -0.3 is 11.1 Å². The Morgan fingerprint density at radius 3 is 2.57 bits per heavy atom. The van der Waals surface area contributed by atoms with E-state index in [0.717, 1.165) is 32.4 Å². The third-order valence-corrected chi connectivity index (χ3v) is 1.96. The largest absolute Gasteiger partial charge is 0.330 e. The maximum absolute atomic E-state index is 5.46. The van der Waals surface area contributed by atoms with E-state index in [9.17, 15) is 0 Å². The van der Waals surface area contributed by atoms with Crippen molar-refractivity contribution in [2.45, 2.75) is 25.3 Å². The summed E-state index contributed by atoms with van der Waals surface area (Å²) in [6.07, 6.45) is 6.91. The molecule has 0 amide bonds. The third-order valence-electron chi connectivity index (χ3n) is 1.96. The van der Waals surface area contributed by atoms with E-state index in [0.29, 0.717) is 6.04 Å². The maximum atomic E-state index is 5.46. The monoisotopic (exact) mass is 192 g/mol. The fourth-order valence-corrected chi connectivity index (χ4v) is 1.19. The molecular weight excluding hydrogens is 172 g/mol. The van der Waals surface area contributed by atoms with Crippen molar-refractivity contribution >= 4 is 0 Å². The highest BCUT2D eigenvalue weighted by Gasteiger charge is 2.03. The molecule has 2 heteroatoms. The molecule has 0 aliphatic rings. The molecule has 3 N–H and O–H groups in total. The zero-order valence-electron chi connectivity index (χ0n) is 8.76. The van der Waals surface area contributed by atoms with Gasteiger partial charge in [-0.2, -0.15) is 0 Å². The molecule has 0 bridgehead atoms. The Morgan fingerprint density at radius 1 is 1.29 bits per heavy atom. The van der Waals surface area contributed by atoms with Crippen LogP contribution in [-0.4, -0.2) is 19.1 Å². The summed E-state index contributed by atoms with van der Waals surface area (Å²) in [5.74, 6) is 0. The van der Waals surface area contributed by atoms with E-state index in [-0.39, 0.29) is 0 Å². The van der Waals surface area contributed by atoms with Crippen molar-refractivity contribution in [2.24, 2.45) is 5.73 Å². The summed E-state index contributed by atoms with van der Waals surface area (Å²) in [5.41, 5.74) is 11.0. The smallest absolute Gasteiger partial charge is 0.0212 e. The van der Waals surface area contributed by atoms with E-state index in [4.69, 9.17) is 5.73 Å². The van der Waals surface area contributed by atoms with Crippen molar-refractivity contribution < 1.29 is 0 Å². The minimum Gasteiger partial charge on any atom is -0.330 e. The topological polar surface area (TPSA) is 38.0 Å². The van der Waals surface area contributed by atoms with Crippen LogP contribution in [0.1, 0.15) is 19.3 Å². The minimum atomic E-state index is 0.456. The van der Waals surface area contributed by atoms with Crippen LogP contribution in [0.2, 0.25) is 0 Å². The lowest BCUT2D eigenvalue weighted by Crippen LogP contribution is -2.29. The summed E-state index contributed by atoms with van der Waals surface area (Å²) in [5, 5.41) is 3.38. The fourth-order valence-electron chi connectivity index (χ4n) is 1.19. The predicted octanol–water partition coefficient (Wildman–Crippen LogP) is 1.76. The summed E-state index contributed by atoms with van der Waals surface area (Å²) in [6, 6.07) is 0.456. The summed E-state index contributed by atoms with van der Waals surface area (Å²) in [7, 11) is 0. The van der Waals surface area contributed by atoms with Crippen molar-refractivity contribution in [1.29, 1.82) is 0 Å². The van der Waals surface area contributed by atoms with E-state index in [1.54, 1.807) is 0 Å². The second kappa shape index (κ2) is 10.0. The molecule has 0 aromatic heterocycles. The van der Waals surface area contributed by atoms with Crippen LogP contribution in [-0.2, 0) is 0 Å². The van der Waals surface area contributed by atoms with E-state index >= 15 is 0 Å². The molecule has 0 fully saturated rings. The number of hydrogen-bond donors (Lipinski definition) is 2. The van der Waals surface area contributed by atoms with Gasteiger partial charge in [0, 0.05) is 12.6 Å². The molecular formula is C12H20N2. The number of rotatable bonds is 8. The molecule has 0 aromatic carbocycles. The third kappa shape index (κ3) is 7.60. The van der Waals surface area contributed by atoms with Crippen molar-refractivity contribution in [3.05, 3.63) is 36.8 Å². The Labute approximate surface area is 86.9 Å². The van der Waals surface area contributed by atoms with Crippen LogP contribution in [0.15, 0.2) is 36.8 Å². The molecule has 78 valence electrons. The van der Waals surface area contributed by atoms with E-state index in [1.165, 1.54) is 0 Å². The molecule has 1 unspecified atom stereocenters. The number of nitrogens with one attached hydrogen (secondary N) is 1. The lowest BCUT2D eigenvalue weighted by molar-refractivity contribution is 0.495. The first-order valence-corrected chi connectivity index (χ1v) is 4.97. The second-order valence-corrected chi connectivity index (χ2v) is 3.09. The Balaban J connectivity index is 3.82. The fraction of sp³-hybridized carbons (Fsp3) is 0.500. The average molecular weight is 192 g/mol. The Morgan fingerprint density at radius 2 is 2.00 bits per heavy atom. The van der Waals surface area contributed by atoms with Gasteiger partial charge in [-0.3, -0.25) is 0 Å². The van der Waals surface area contributed by atoms with Crippen LogP contribution >= 0.6 is 0 Å². The van der Waals surface area contributed by atoms with Gasteiger partial charge in [0.05, 0.1) is 0 Å². The van der Waals surface area contributed by atoms with Gasteiger partial charge in [0.2, 0.25) is 0 Å². The SMILES string of the molecule is C=C=CCNC(CC=C=C)CCCN. The summed E-state index contributed by atoms with van der Waals surface area (Å²) in [6.45, 7) is 8.61. The summed E-state index contributed by atoms with van der Waals surface area (Å²) < 4.78 is 0. The molecule has 2 nitrogen and oxygen atoms in total. The van der Waals surface area contributed by atoms with Crippen molar-refractivity contribution in [3.8, 4) is 0 Å². The van der Waals surface area contributed by atoms with Gasteiger partial charge in [-0.1, -0.05) is 13.2 Å². The molecule has 0 saturated heterocycles. The summed E-state index contributed by atoms with van der Waals surface area (Å²) >= 11 is 0.